The molecule has 0 unspecified atom stereocenters. The van der Waals surface area contributed by atoms with E-state index < -0.39 is 0 Å². The number of hydrogen-bond acceptors (Lipinski definition) is 3. The molecule has 0 radical (unpaired) electrons. The summed E-state index contributed by atoms with van der Waals surface area (Å²) >= 11 is 1.65. The van der Waals surface area contributed by atoms with Gasteiger partial charge in [0.1, 0.15) is 5.82 Å². The van der Waals surface area contributed by atoms with Crippen molar-refractivity contribution in [3.8, 4) is 10.7 Å². The van der Waals surface area contributed by atoms with Crippen LogP contribution in [0.2, 0.25) is 0 Å². The molecule has 0 aliphatic carbocycles. The molecule has 0 aliphatic rings. The number of hydrogen-bond donors (Lipinski definition) is 2. The first-order valence-electron chi connectivity index (χ1n) is 5.85. The zero-order chi connectivity index (χ0) is 13.0. The fourth-order valence-electron chi connectivity index (χ4n) is 2.26. The van der Waals surface area contributed by atoms with Crippen LogP contribution in [0, 0.1) is 0 Å². The monoisotopic (exact) mass is 270 g/mol. The number of imidazole rings is 2. The Bertz CT molecular complexity index is 942. The van der Waals surface area contributed by atoms with Crippen molar-refractivity contribution in [1.29, 1.82) is 0 Å². The molecule has 0 spiro atoms. The van der Waals surface area contributed by atoms with Crippen molar-refractivity contribution < 1.29 is 0 Å². The van der Waals surface area contributed by atoms with Crippen LogP contribution in [0.1, 0.15) is 0 Å². The second-order valence-corrected chi connectivity index (χ2v) is 5.39. The first-order valence-corrected chi connectivity index (χ1v) is 6.73. The molecule has 0 fully saturated rings. The van der Waals surface area contributed by atoms with Gasteiger partial charge in [0, 0.05) is 7.05 Å². The zero-order valence-corrected chi connectivity index (χ0v) is 10.9. The Kier molecular flexibility index (Phi) is 1.99. The molecule has 0 amide bonds. The largest absolute Gasteiger partial charge is 0.337 e. The SMILES string of the molecule is Cn1c(=O)[nH]c2cc3[nH]c(-c4cccs4)nc3cc21. The standard InChI is InChI=1S/C13H10N4OS/c1-17-10-6-8-7(5-9(10)16-13(17)18)14-12(15-8)11-3-2-4-19-11/h2-6H,1H3,(H,14,15)(H,16,18). The van der Waals surface area contributed by atoms with Crippen molar-refractivity contribution in [3.05, 3.63) is 40.1 Å². The van der Waals surface area contributed by atoms with Crippen molar-refractivity contribution in [1.82, 2.24) is 19.5 Å². The summed E-state index contributed by atoms with van der Waals surface area (Å²) in [7, 11) is 1.75. The molecular formula is C13H10N4OS. The Morgan fingerprint density at radius 1 is 1.26 bits per heavy atom. The molecule has 6 heteroatoms. The maximum Gasteiger partial charge on any atom is 0.326 e. The highest BCUT2D eigenvalue weighted by Gasteiger charge is 2.10. The maximum atomic E-state index is 11.6. The van der Waals surface area contributed by atoms with Crippen LogP contribution >= 0.6 is 11.3 Å². The molecule has 1 aromatic carbocycles. The smallest absolute Gasteiger partial charge is 0.326 e. The lowest BCUT2D eigenvalue weighted by Crippen LogP contribution is -2.11. The van der Waals surface area contributed by atoms with E-state index in [1.165, 1.54) is 0 Å². The highest BCUT2D eigenvalue weighted by Crippen LogP contribution is 2.26. The van der Waals surface area contributed by atoms with Crippen molar-refractivity contribution in [2.45, 2.75) is 0 Å². The number of aromatic nitrogens is 4. The van der Waals surface area contributed by atoms with Gasteiger partial charge < -0.3 is 9.97 Å². The van der Waals surface area contributed by atoms with Gasteiger partial charge in [-0.2, -0.15) is 0 Å². The van der Waals surface area contributed by atoms with E-state index in [0.717, 1.165) is 32.8 Å². The second kappa shape index (κ2) is 3.58. The van der Waals surface area contributed by atoms with E-state index in [9.17, 15) is 4.79 Å². The van der Waals surface area contributed by atoms with Gasteiger partial charge in [-0.1, -0.05) is 6.07 Å². The van der Waals surface area contributed by atoms with Crippen molar-refractivity contribution in [2.75, 3.05) is 0 Å². The molecule has 0 bridgehead atoms. The van der Waals surface area contributed by atoms with Gasteiger partial charge in [-0.3, -0.25) is 4.57 Å². The molecule has 0 saturated carbocycles. The number of nitrogens with zero attached hydrogens (tertiary/aromatic N) is 2. The van der Waals surface area contributed by atoms with Crippen LogP contribution < -0.4 is 5.69 Å². The summed E-state index contributed by atoms with van der Waals surface area (Å²) in [6, 6.07) is 7.89. The molecule has 0 atom stereocenters. The summed E-state index contributed by atoms with van der Waals surface area (Å²) in [5, 5.41) is 2.02. The lowest BCUT2D eigenvalue weighted by Gasteiger charge is -1.92. The summed E-state index contributed by atoms with van der Waals surface area (Å²) in [5.74, 6) is 0.864. The molecule has 4 rings (SSSR count). The Labute approximate surface area is 111 Å². The minimum absolute atomic E-state index is 0.110. The highest BCUT2D eigenvalue weighted by molar-refractivity contribution is 7.13. The normalized spacial score (nSPS) is 11.6. The number of nitrogens with one attached hydrogen (secondary N) is 2. The average Bonchev–Trinajstić information content (AvgIpc) is 3.08. The number of benzene rings is 1. The number of H-pyrrole nitrogens is 2. The van der Waals surface area contributed by atoms with E-state index in [-0.39, 0.29) is 5.69 Å². The van der Waals surface area contributed by atoms with Crippen molar-refractivity contribution in [2.24, 2.45) is 7.05 Å². The molecule has 4 aromatic rings. The van der Waals surface area contributed by atoms with Crippen molar-refractivity contribution in [3.63, 3.8) is 0 Å². The molecule has 0 aliphatic heterocycles. The zero-order valence-electron chi connectivity index (χ0n) is 10.1. The fourth-order valence-corrected chi connectivity index (χ4v) is 2.93. The Morgan fingerprint density at radius 3 is 2.95 bits per heavy atom. The molecule has 5 nitrogen and oxygen atoms in total. The van der Waals surface area contributed by atoms with Gasteiger partial charge in [0.2, 0.25) is 0 Å². The topological polar surface area (TPSA) is 66.5 Å². The quantitative estimate of drug-likeness (QED) is 0.558. The Hall–Kier alpha value is -2.34. The molecule has 0 saturated heterocycles. The minimum atomic E-state index is -0.110. The molecule has 94 valence electrons. The lowest BCUT2D eigenvalue weighted by atomic mass is 10.3. The van der Waals surface area contributed by atoms with Gasteiger partial charge in [-0.15, -0.1) is 11.3 Å². The predicted molar refractivity (Wildman–Crippen MR) is 76.5 cm³/mol. The van der Waals surface area contributed by atoms with Gasteiger partial charge in [-0.25, -0.2) is 9.78 Å². The molecule has 3 aromatic heterocycles. The van der Waals surface area contributed by atoms with Crippen LogP contribution in [-0.2, 0) is 7.05 Å². The second-order valence-electron chi connectivity index (χ2n) is 4.44. The molecule has 2 N–H and O–H groups in total. The summed E-state index contributed by atoms with van der Waals surface area (Å²) in [4.78, 5) is 23.4. The third-order valence-corrected chi connectivity index (χ3v) is 4.14. The van der Waals surface area contributed by atoms with Crippen molar-refractivity contribution >= 4 is 33.4 Å². The molecular weight excluding hydrogens is 260 g/mol. The molecule has 19 heavy (non-hydrogen) atoms. The first kappa shape index (κ1) is 10.6. The third kappa shape index (κ3) is 1.47. The van der Waals surface area contributed by atoms with Crippen LogP contribution in [0.25, 0.3) is 32.8 Å². The summed E-state index contributed by atoms with van der Waals surface area (Å²) in [5.41, 5.74) is 3.37. The maximum absolute atomic E-state index is 11.6. The Balaban J connectivity index is 2.04. The highest BCUT2D eigenvalue weighted by atomic mass is 32.1. The van der Waals surface area contributed by atoms with Gasteiger partial charge in [0.05, 0.1) is 26.9 Å². The van der Waals surface area contributed by atoms with Crippen LogP contribution in [0.4, 0.5) is 0 Å². The number of aromatic amines is 2. The number of thiophene rings is 1. The van der Waals surface area contributed by atoms with Gasteiger partial charge >= 0.3 is 5.69 Å². The number of rotatable bonds is 1. The first-order chi connectivity index (χ1) is 9.22. The lowest BCUT2D eigenvalue weighted by molar-refractivity contribution is 0.892. The van der Waals surface area contributed by atoms with Crippen LogP contribution in [0.15, 0.2) is 34.4 Å². The summed E-state index contributed by atoms with van der Waals surface area (Å²) < 4.78 is 1.59. The van der Waals surface area contributed by atoms with E-state index in [0.29, 0.717) is 0 Å². The van der Waals surface area contributed by atoms with Crippen LogP contribution in [-0.4, -0.2) is 19.5 Å². The van der Waals surface area contributed by atoms with E-state index in [4.69, 9.17) is 0 Å². The fraction of sp³-hybridized carbons (Fsp3) is 0.0769. The number of aryl methyl sites for hydroxylation is 1. The van der Waals surface area contributed by atoms with Gasteiger partial charge in [0.25, 0.3) is 0 Å². The minimum Gasteiger partial charge on any atom is -0.337 e. The van der Waals surface area contributed by atoms with E-state index >= 15 is 0 Å². The number of fused-ring (bicyclic) bond motifs is 2. The van der Waals surface area contributed by atoms with Crippen LogP contribution in [0.5, 0.6) is 0 Å². The summed E-state index contributed by atoms with van der Waals surface area (Å²) in [6.45, 7) is 0. The van der Waals surface area contributed by atoms with E-state index in [1.807, 2.05) is 29.6 Å². The van der Waals surface area contributed by atoms with E-state index in [2.05, 4.69) is 15.0 Å². The Morgan fingerprint density at radius 2 is 2.16 bits per heavy atom. The third-order valence-electron chi connectivity index (χ3n) is 3.26. The van der Waals surface area contributed by atoms with Crippen LogP contribution in [0.3, 0.4) is 0 Å². The molecule has 3 heterocycles. The van der Waals surface area contributed by atoms with Gasteiger partial charge in [-0.05, 0) is 23.6 Å². The average molecular weight is 270 g/mol. The van der Waals surface area contributed by atoms with Gasteiger partial charge in [0.15, 0.2) is 0 Å². The summed E-state index contributed by atoms with van der Waals surface area (Å²) in [6.07, 6.45) is 0. The van der Waals surface area contributed by atoms with E-state index in [1.54, 1.807) is 23.0 Å². The predicted octanol–water partition coefficient (Wildman–Crippen LogP) is 2.47.